The third-order valence-electron chi connectivity index (χ3n) is 7.47. The lowest BCUT2D eigenvalue weighted by atomic mass is 9.93. The maximum absolute atomic E-state index is 13.1. The molecular weight excluding hydrogens is 517 g/mol. The molecule has 0 spiro atoms. The van der Waals surface area contributed by atoms with Crippen molar-refractivity contribution >= 4 is 40.0 Å². The van der Waals surface area contributed by atoms with Crippen LogP contribution in [-0.4, -0.2) is 52.5 Å². The molecule has 3 aromatic carbocycles. The summed E-state index contributed by atoms with van der Waals surface area (Å²) < 4.78 is 0. The van der Waals surface area contributed by atoms with E-state index in [0.29, 0.717) is 22.2 Å². The Morgan fingerprint density at radius 2 is 1.82 bits per heavy atom. The summed E-state index contributed by atoms with van der Waals surface area (Å²) in [6, 6.07) is 23.1. The SMILES string of the molecule is CN(CC(CCN1CCc2nc3ccccc3c(CO)c2C1)c1ccc(Cl)c(Cl)c1)C(=O)c1ccccc1. The number of aliphatic hydroxyl groups excluding tert-OH is 1. The van der Waals surface area contributed by atoms with Gasteiger partial charge in [0.2, 0.25) is 0 Å². The van der Waals surface area contributed by atoms with Crippen molar-refractivity contribution in [3.8, 4) is 0 Å². The van der Waals surface area contributed by atoms with E-state index in [1.807, 2.05) is 79.8 Å². The van der Waals surface area contributed by atoms with E-state index in [1.54, 1.807) is 4.90 Å². The number of halogens is 2. The molecule has 1 aromatic heterocycles. The molecule has 0 radical (unpaired) electrons. The Morgan fingerprint density at radius 1 is 1.05 bits per heavy atom. The second-order valence-electron chi connectivity index (χ2n) is 9.93. The summed E-state index contributed by atoms with van der Waals surface area (Å²) in [4.78, 5) is 22.2. The number of carbonyl (C=O) groups excluding carboxylic acids is 1. The van der Waals surface area contributed by atoms with E-state index in [4.69, 9.17) is 28.2 Å². The first kappa shape index (κ1) is 26.6. The summed E-state index contributed by atoms with van der Waals surface area (Å²) in [7, 11) is 1.85. The normalized spacial score (nSPS) is 14.3. The molecule has 0 aliphatic carbocycles. The maximum Gasteiger partial charge on any atom is 0.253 e. The molecular formula is C31H31Cl2N3O2. The van der Waals surface area contributed by atoms with Gasteiger partial charge in [-0.2, -0.15) is 0 Å². The number of rotatable bonds is 8. The highest BCUT2D eigenvalue weighted by molar-refractivity contribution is 6.42. The van der Waals surface area contributed by atoms with E-state index in [-0.39, 0.29) is 18.4 Å². The molecule has 1 aliphatic rings. The molecule has 4 aromatic rings. The Bertz CT molecular complexity index is 1440. The van der Waals surface area contributed by atoms with Crippen molar-refractivity contribution in [1.29, 1.82) is 0 Å². The zero-order chi connectivity index (χ0) is 26.6. The number of benzene rings is 3. The first-order valence-electron chi connectivity index (χ1n) is 12.9. The molecule has 1 atom stereocenters. The second-order valence-corrected chi connectivity index (χ2v) is 10.7. The molecule has 0 saturated carbocycles. The van der Waals surface area contributed by atoms with E-state index < -0.39 is 0 Å². The van der Waals surface area contributed by atoms with Crippen LogP contribution in [0.5, 0.6) is 0 Å². The second kappa shape index (κ2) is 11.8. The van der Waals surface area contributed by atoms with Crippen LogP contribution < -0.4 is 0 Å². The first-order valence-corrected chi connectivity index (χ1v) is 13.7. The third kappa shape index (κ3) is 5.71. The lowest BCUT2D eigenvalue weighted by molar-refractivity contribution is 0.0782. The highest BCUT2D eigenvalue weighted by Gasteiger charge is 2.25. The number of fused-ring (bicyclic) bond motifs is 2. The van der Waals surface area contributed by atoms with E-state index >= 15 is 0 Å². The molecule has 1 unspecified atom stereocenters. The van der Waals surface area contributed by atoms with Gasteiger partial charge in [0, 0.05) is 55.7 Å². The largest absolute Gasteiger partial charge is 0.392 e. The van der Waals surface area contributed by atoms with Crippen LogP contribution in [0.15, 0.2) is 72.8 Å². The Labute approximate surface area is 233 Å². The minimum absolute atomic E-state index is 0.00248. The van der Waals surface area contributed by atoms with Crippen LogP contribution >= 0.6 is 23.2 Å². The zero-order valence-corrected chi connectivity index (χ0v) is 22.9. The number of hydrogen-bond acceptors (Lipinski definition) is 4. The number of hydrogen-bond donors (Lipinski definition) is 1. The molecule has 1 amide bonds. The molecule has 0 fully saturated rings. The van der Waals surface area contributed by atoms with Crippen molar-refractivity contribution in [2.75, 3.05) is 26.7 Å². The highest BCUT2D eigenvalue weighted by Crippen LogP contribution is 2.31. The van der Waals surface area contributed by atoms with Crippen LogP contribution in [0.1, 0.15) is 45.1 Å². The van der Waals surface area contributed by atoms with Crippen LogP contribution in [0, 0.1) is 0 Å². The molecule has 0 bridgehead atoms. The van der Waals surface area contributed by atoms with Gasteiger partial charge in [-0.15, -0.1) is 0 Å². The van der Waals surface area contributed by atoms with Crippen LogP contribution in [0.4, 0.5) is 0 Å². The molecule has 2 heterocycles. The fraction of sp³-hybridized carbons (Fsp3) is 0.290. The van der Waals surface area contributed by atoms with Crippen molar-refractivity contribution in [3.05, 3.63) is 111 Å². The molecule has 1 aliphatic heterocycles. The fourth-order valence-corrected chi connectivity index (χ4v) is 5.70. The summed E-state index contributed by atoms with van der Waals surface area (Å²) in [6.45, 7) is 3.04. The van der Waals surface area contributed by atoms with Gasteiger partial charge in [-0.05, 0) is 60.0 Å². The predicted molar refractivity (Wildman–Crippen MR) is 154 cm³/mol. The topological polar surface area (TPSA) is 56.7 Å². The van der Waals surface area contributed by atoms with E-state index in [0.717, 1.165) is 65.8 Å². The fourth-order valence-electron chi connectivity index (χ4n) is 5.39. The third-order valence-corrected chi connectivity index (χ3v) is 8.21. The smallest absolute Gasteiger partial charge is 0.253 e. The Hall–Kier alpha value is -2.96. The van der Waals surface area contributed by atoms with E-state index in [1.165, 1.54) is 0 Å². The minimum Gasteiger partial charge on any atom is -0.392 e. The number of likely N-dealkylation sites (N-methyl/N-ethyl adjacent to an activating group) is 1. The molecule has 7 heteroatoms. The minimum atomic E-state index is -0.00639. The predicted octanol–water partition coefficient (Wildman–Crippen LogP) is 6.34. The summed E-state index contributed by atoms with van der Waals surface area (Å²) >= 11 is 12.6. The Morgan fingerprint density at radius 3 is 2.58 bits per heavy atom. The summed E-state index contributed by atoms with van der Waals surface area (Å²) in [5.41, 5.74) is 5.87. The van der Waals surface area contributed by atoms with Gasteiger partial charge < -0.3 is 10.0 Å². The lowest BCUT2D eigenvalue weighted by Gasteiger charge is -2.32. The monoisotopic (exact) mass is 547 g/mol. The zero-order valence-electron chi connectivity index (χ0n) is 21.4. The van der Waals surface area contributed by atoms with Crippen molar-refractivity contribution in [2.45, 2.75) is 31.9 Å². The van der Waals surface area contributed by atoms with Gasteiger partial charge >= 0.3 is 0 Å². The maximum atomic E-state index is 13.1. The van der Waals surface area contributed by atoms with Crippen molar-refractivity contribution < 1.29 is 9.90 Å². The number of amides is 1. The molecule has 1 N–H and O–H groups in total. The number of carbonyl (C=O) groups is 1. The number of pyridine rings is 1. The summed E-state index contributed by atoms with van der Waals surface area (Å²) in [5, 5.41) is 12.3. The van der Waals surface area contributed by atoms with E-state index in [9.17, 15) is 9.90 Å². The lowest BCUT2D eigenvalue weighted by Crippen LogP contribution is -2.35. The van der Waals surface area contributed by atoms with Gasteiger partial charge in [-0.3, -0.25) is 14.7 Å². The number of para-hydroxylation sites is 1. The molecule has 0 saturated heterocycles. The summed E-state index contributed by atoms with van der Waals surface area (Å²) in [6.07, 6.45) is 1.69. The van der Waals surface area contributed by atoms with Gasteiger partial charge in [0.25, 0.3) is 5.91 Å². The number of nitrogens with zero attached hydrogens (tertiary/aromatic N) is 3. The molecule has 38 heavy (non-hydrogen) atoms. The van der Waals surface area contributed by atoms with Gasteiger partial charge in [0.05, 0.1) is 22.2 Å². The quantitative estimate of drug-likeness (QED) is 0.279. The van der Waals surface area contributed by atoms with Crippen LogP contribution in [0.2, 0.25) is 10.0 Å². The van der Waals surface area contributed by atoms with Gasteiger partial charge in [0.15, 0.2) is 0 Å². The standard InChI is InChI=1S/C31H31Cl2N3O2/c1-35(31(38)21-7-3-2-4-8-21)18-23(22-11-12-27(32)28(33)17-22)13-15-36-16-14-30-25(19-36)26(20-37)24-9-5-6-10-29(24)34-30/h2-12,17,23,37H,13-16,18-20H2,1H3. The van der Waals surface area contributed by atoms with E-state index in [2.05, 4.69) is 4.90 Å². The van der Waals surface area contributed by atoms with Crippen molar-refractivity contribution in [2.24, 2.45) is 0 Å². The summed E-state index contributed by atoms with van der Waals surface area (Å²) in [5.74, 6) is 0.0731. The number of aliphatic hydroxyl groups is 1. The van der Waals surface area contributed by atoms with Gasteiger partial charge in [-0.25, -0.2) is 0 Å². The average molecular weight is 549 g/mol. The Kier molecular flexibility index (Phi) is 8.29. The highest BCUT2D eigenvalue weighted by atomic mass is 35.5. The van der Waals surface area contributed by atoms with Crippen molar-refractivity contribution in [3.63, 3.8) is 0 Å². The Balaban J connectivity index is 1.35. The molecule has 196 valence electrons. The van der Waals surface area contributed by atoms with Crippen molar-refractivity contribution in [1.82, 2.24) is 14.8 Å². The average Bonchev–Trinajstić information content (AvgIpc) is 2.95. The number of aromatic nitrogens is 1. The van der Waals surface area contributed by atoms with Crippen LogP contribution in [0.25, 0.3) is 10.9 Å². The van der Waals surface area contributed by atoms with Crippen LogP contribution in [-0.2, 0) is 19.6 Å². The molecule has 5 rings (SSSR count). The van der Waals surface area contributed by atoms with Gasteiger partial charge in [-0.1, -0.05) is 65.7 Å². The van der Waals surface area contributed by atoms with Crippen LogP contribution in [0.3, 0.4) is 0 Å². The first-order chi connectivity index (χ1) is 18.4. The molecule has 5 nitrogen and oxygen atoms in total. The van der Waals surface area contributed by atoms with Gasteiger partial charge in [0.1, 0.15) is 0 Å².